The molecule has 0 bridgehead atoms. The van der Waals surface area contributed by atoms with Crippen molar-refractivity contribution in [3.05, 3.63) is 0 Å². The molecule has 0 saturated heterocycles. The van der Waals surface area contributed by atoms with Gasteiger partial charge in [0.15, 0.2) is 0 Å². The Kier molecular flexibility index (Phi) is 2.15. The van der Waals surface area contributed by atoms with E-state index in [1.165, 1.54) is 7.11 Å². The third-order valence-electron chi connectivity index (χ3n) is 0.280. The Morgan fingerprint density at radius 3 is 2.50 bits per heavy atom. The van der Waals surface area contributed by atoms with E-state index in [4.69, 9.17) is 0 Å². The van der Waals surface area contributed by atoms with E-state index in [1.807, 2.05) is 0 Å². The number of rotatable bonds is 0. The first kappa shape index (κ1) is 5.23. The molecule has 0 rings (SSSR count). The third-order valence-corrected chi connectivity index (χ3v) is 0.280. The fourth-order valence-corrected chi connectivity index (χ4v) is 0.0527. The Bertz CT molecular complexity index is 47.5. The minimum absolute atomic E-state index is 0.755. The average Bonchev–Trinajstić information content (AvgIpc) is 1.65. The van der Waals surface area contributed by atoms with Gasteiger partial charge in [0.05, 0.1) is 7.11 Å². The van der Waals surface area contributed by atoms with Gasteiger partial charge in [0, 0.05) is 0 Å². The lowest BCUT2D eigenvalue weighted by atomic mass is 11.2. The molecule has 0 aliphatic carbocycles. The third kappa shape index (κ3) is 1.54. The van der Waals surface area contributed by atoms with Crippen LogP contribution in [0.2, 0.25) is 0 Å². The zero-order valence-corrected chi connectivity index (χ0v) is 3.34. The number of methoxy groups -OCH3 is 1. The monoisotopic (exact) mass is 89.0 g/mol. The van der Waals surface area contributed by atoms with Crippen LogP contribution in [0.25, 0.3) is 0 Å². The summed E-state index contributed by atoms with van der Waals surface area (Å²) in [5, 5.41) is 0. The second-order valence-corrected chi connectivity index (χ2v) is 0.599. The molecule has 0 saturated carbocycles. The van der Waals surface area contributed by atoms with E-state index in [-0.39, 0.29) is 0 Å². The number of carbonyl (C=O) groups excluding carboxylic acids is 1. The number of carbonyl (C=O) groups is 1. The van der Waals surface area contributed by atoms with Gasteiger partial charge in [0.1, 0.15) is 0 Å². The first-order chi connectivity index (χ1) is 2.81. The average molecular weight is 89.1 g/mol. The van der Waals surface area contributed by atoms with Crippen molar-refractivity contribution >= 4 is 6.09 Å². The molecule has 1 amide bonds. The van der Waals surface area contributed by atoms with Crippen molar-refractivity contribution in [2.24, 2.45) is 5.84 Å². The van der Waals surface area contributed by atoms with E-state index < -0.39 is 6.09 Å². The topological polar surface area (TPSA) is 66.4 Å². The van der Waals surface area contributed by atoms with E-state index in [0.29, 0.717) is 0 Å². The van der Waals surface area contributed by atoms with Gasteiger partial charge in [-0.2, -0.15) is 0 Å². The molecule has 1 radical (unpaired) electrons. The minimum Gasteiger partial charge on any atom is -0.451 e. The SMILES string of the molecule is COC(=O)[N]N. The van der Waals surface area contributed by atoms with Crippen LogP contribution in [0.15, 0.2) is 0 Å². The summed E-state index contributed by atoms with van der Waals surface area (Å²) < 4.78 is 3.97. The second kappa shape index (κ2) is 2.47. The maximum absolute atomic E-state index is 9.67. The van der Waals surface area contributed by atoms with E-state index >= 15 is 0 Å². The van der Waals surface area contributed by atoms with E-state index in [0.717, 1.165) is 0 Å². The van der Waals surface area contributed by atoms with Crippen molar-refractivity contribution in [1.29, 1.82) is 0 Å². The van der Waals surface area contributed by atoms with Crippen LogP contribution in [0.5, 0.6) is 0 Å². The van der Waals surface area contributed by atoms with Crippen molar-refractivity contribution in [2.45, 2.75) is 0 Å². The Morgan fingerprint density at radius 1 is 2.00 bits per heavy atom. The number of hydrogen-bond donors (Lipinski definition) is 1. The van der Waals surface area contributed by atoms with Gasteiger partial charge in [-0.3, -0.25) is 0 Å². The van der Waals surface area contributed by atoms with Crippen LogP contribution in [0.4, 0.5) is 4.79 Å². The molecule has 0 aromatic rings. The lowest BCUT2D eigenvalue weighted by Crippen LogP contribution is -2.21. The summed E-state index contributed by atoms with van der Waals surface area (Å²) in [6.07, 6.45) is -0.755. The van der Waals surface area contributed by atoms with Crippen LogP contribution in [-0.2, 0) is 4.74 Å². The van der Waals surface area contributed by atoms with Crippen molar-refractivity contribution in [3.8, 4) is 0 Å². The first-order valence-corrected chi connectivity index (χ1v) is 1.30. The maximum Gasteiger partial charge on any atom is 0.445 e. The lowest BCUT2D eigenvalue weighted by molar-refractivity contribution is 0.170. The summed E-state index contributed by atoms with van der Waals surface area (Å²) in [4.78, 5) is 9.67. The van der Waals surface area contributed by atoms with Gasteiger partial charge in [-0.25, -0.2) is 10.6 Å². The summed E-state index contributed by atoms with van der Waals surface area (Å²) >= 11 is 0. The first-order valence-electron chi connectivity index (χ1n) is 1.30. The van der Waals surface area contributed by atoms with Gasteiger partial charge < -0.3 is 4.74 Å². The molecule has 0 aromatic heterocycles. The van der Waals surface area contributed by atoms with Crippen LogP contribution in [-0.4, -0.2) is 13.2 Å². The van der Waals surface area contributed by atoms with Gasteiger partial charge in [-0.15, -0.1) is 5.43 Å². The molecular weight excluding hydrogens is 84.0 g/mol. The zero-order valence-electron chi connectivity index (χ0n) is 3.34. The highest BCUT2D eigenvalue weighted by atomic mass is 16.5. The highest BCUT2D eigenvalue weighted by Crippen LogP contribution is 1.62. The molecule has 0 unspecified atom stereocenters. The molecule has 0 aliphatic rings. The van der Waals surface area contributed by atoms with Crippen molar-refractivity contribution in [3.63, 3.8) is 0 Å². The number of ether oxygens (including phenoxy) is 1. The standard InChI is InChI=1S/C2H5N2O2/c1-6-2(5)4-3/h3H2,1H3. The maximum atomic E-state index is 9.67. The Morgan fingerprint density at radius 2 is 2.50 bits per heavy atom. The molecule has 0 aromatic carbocycles. The second-order valence-electron chi connectivity index (χ2n) is 0.599. The lowest BCUT2D eigenvalue weighted by Gasteiger charge is -1.86. The van der Waals surface area contributed by atoms with Crippen molar-refractivity contribution in [2.75, 3.05) is 7.11 Å². The van der Waals surface area contributed by atoms with Gasteiger partial charge in [-0.1, -0.05) is 0 Å². The molecule has 0 spiro atoms. The minimum atomic E-state index is -0.755. The molecular formula is C2H5N2O2. The predicted octanol–water partition coefficient (Wildman–Crippen LogP) is -0.769. The molecule has 0 heterocycles. The molecule has 2 N–H and O–H groups in total. The number of hydrogen-bond acceptors (Lipinski definition) is 3. The number of nitrogens with zero attached hydrogens (tertiary/aromatic N) is 1. The van der Waals surface area contributed by atoms with E-state index in [9.17, 15) is 4.79 Å². The van der Waals surface area contributed by atoms with Crippen molar-refractivity contribution < 1.29 is 9.53 Å². The normalized spacial score (nSPS) is 7.00. The van der Waals surface area contributed by atoms with Crippen LogP contribution in [0.1, 0.15) is 0 Å². The molecule has 0 fully saturated rings. The van der Waals surface area contributed by atoms with E-state index in [1.54, 1.807) is 0 Å². The smallest absolute Gasteiger partial charge is 0.445 e. The van der Waals surface area contributed by atoms with Crippen LogP contribution >= 0.6 is 0 Å². The molecule has 4 nitrogen and oxygen atoms in total. The number of nitrogens with two attached hydrogens (primary N) is 1. The van der Waals surface area contributed by atoms with Crippen LogP contribution in [0.3, 0.4) is 0 Å². The number of amides is 1. The molecule has 4 heteroatoms. The fraction of sp³-hybridized carbons (Fsp3) is 0.500. The van der Waals surface area contributed by atoms with Gasteiger partial charge >= 0.3 is 6.09 Å². The Labute approximate surface area is 35.2 Å². The Hall–Kier alpha value is -0.770. The highest BCUT2D eigenvalue weighted by Gasteiger charge is 1.89. The summed E-state index contributed by atoms with van der Waals surface area (Å²) in [5.74, 6) is 4.43. The Balaban J connectivity index is 2.99. The highest BCUT2D eigenvalue weighted by molar-refractivity contribution is 5.65. The summed E-state index contributed by atoms with van der Waals surface area (Å²) in [7, 11) is 1.21. The quantitative estimate of drug-likeness (QED) is 0.241. The molecule has 35 valence electrons. The van der Waals surface area contributed by atoms with Crippen molar-refractivity contribution in [1.82, 2.24) is 5.43 Å². The molecule has 0 atom stereocenters. The van der Waals surface area contributed by atoms with E-state index in [2.05, 4.69) is 16.0 Å². The molecule has 6 heavy (non-hydrogen) atoms. The predicted molar refractivity (Wildman–Crippen MR) is 18.7 cm³/mol. The summed E-state index contributed by atoms with van der Waals surface area (Å²) in [6.45, 7) is 0. The molecule has 0 aliphatic heterocycles. The largest absolute Gasteiger partial charge is 0.451 e. The zero-order chi connectivity index (χ0) is 4.99. The van der Waals surface area contributed by atoms with Gasteiger partial charge in [0.25, 0.3) is 0 Å². The summed E-state index contributed by atoms with van der Waals surface area (Å²) in [5.41, 5.74) is 2.65. The van der Waals surface area contributed by atoms with Crippen LogP contribution < -0.4 is 11.3 Å². The van der Waals surface area contributed by atoms with Crippen LogP contribution in [0, 0.1) is 0 Å². The van der Waals surface area contributed by atoms with Gasteiger partial charge in [0.2, 0.25) is 0 Å². The fourth-order valence-electron chi connectivity index (χ4n) is 0.0527. The van der Waals surface area contributed by atoms with Gasteiger partial charge in [-0.05, 0) is 0 Å². The summed E-state index contributed by atoms with van der Waals surface area (Å²) in [6, 6.07) is 0.